The summed E-state index contributed by atoms with van der Waals surface area (Å²) in [5.74, 6) is 0.804. The van der Waals surface area contributed by atoms with Gasteiger partial charge < -0.3 is 5.32 Å². The number of fused-ring (bicyclic) bond motifs is 1. The molecule has 0 radical (unpaired) electrons. The van der Waals surface area contributed by atoms with Gasteiger partial charge in [-0.05, 0) is 45.8 Å². The highest BCUT2D eigenvalue weighted by Crippen LogP contribution is 2.13. The van der Waals surface area contributed by atoms with Crippen LogP contribution in [0.3, 0.4) is 0 Å². The fourth-order valence-electron chi connectivity index (χ4n) is 1.63. The lowest BCUT2D eigenvalue weighted by Gasteiger charge is -2.05. The van der Waals surface area contributed by atoms with Crippen molar-refractivity contribution in [3.8, 4) is 0 Å². The average Bonchev–Trinajstić information content (AvgIpc) is 2.79. The minimum absolute atomic E-state index is 0.716. The van der Waals surface area contributed by atoms with Gasteiger partial charge in [-0.25, -0.2) is 9.50 Å². The summed E-state index contributed by atoms with van der Waals surface area (Å²) < 4.78 is 2.58. The van der Waals surface area contributed by atoms with Gasteiger partial charge in [0.2, 0.25) is 0 Å². The fourth-order valence-corrected chi connectivity index (χ4v) is 2.00. The van der Waals surface area contributed by atoms with E-state index in [0.29, 0.717) is 6.54 Å². The van der Waals surface area contributed by atoms with Crippen LogP contribution in [0.15, 0.2) is 47.5 Å². The zero-order valence-electron chi connectivity index (χ0n) is 9.42. The lowest BCUT2D eigenvalue weighted by molar-refractivity contribution is 0.907. The first-order valence-electron chi connectivity index (χ1n) is 5.46. The number of hydrogen-bond acceptors (Lipinski definition) is 4. The Morgan fingerprint density at radius 2 is 2.00 bits per heavy atom. The Labute approximate surface area is 112 Å². The van der Waals surface area contributed by atoms with Crippen molar-refractivity contribution in [1.82, 2.24) is 19.6 Å². The minimum atomic E-state index is 0.716. The zero-order chi connectivity index (χ0) is 12.4. The average molecular weight is 304 g/mol. The van der Waals surface area contributed by atoms with Crippen LogP contribution in [0.2, 0.25) is 0 Å². The highest BCUT2D eigenvalue weighted by molar-refractivity contribution is 9.10. The second-order valence-electron chi connectivity index (χ2n) is 3.78. The van der Waals surface area contributed by atoms with Crippen LogP contribution >= 0.6 is 15.9 Å². The minimum Gasteiger partial charge on any atom is -0.365 e. The van der Waals surface area contributed by atoms with Crippen molar-refractivity contribution in [3.63, 3.8) is 0 Å². The Morgan fingerprint density at radius 1 is 1.17 bits per heavy atom. The first-order chi connectivity index (χ1) is 8.83. The molecule has 3 aromatic rings. The summed E-state index contributed by atoms with van der Waals surface area (Å²) in [7, 11) is 0. The molecule has 0 atom stereocenters. The van der Waals surface area contributed by atoms with Crippen LogP contribution in [-0.2, 0) is 6.54 Å². The van der Waals surface area contributed by atoms with Gasteiger partial charge in [0.1, 0.15) is 10.4 Å². The molecule has 0 aliphatic heterocycles. The first kappa shape index (κ1) is 11.2. The summed E-state index contributed by atoms with van der Waals surface area (Å²) in [4.78, 5) is 8.18. The first-order valence-corrected chi connectivity index (χ1v) is 6.25. The molecule has 0 spiro atoms. The summed E-state index contributed by atoms with van der Waals surface area (Å²) in [6.45, 7) is 0.716. The van der Waals surface area contributed by atoms with E-state index in [1.54, 1.807) is 23.1 Å². The molecule has 0 saturated carbocycles. The number of aromatic nitrogens is 4. The molecule has 0 fully saturated rings. The number of nitrogens with zero attached hydrogens (tertiary/aromatic N) is 4. The molecular weight excluding hydrogens is 294 g/mol. The quantitative estimate of drug-likeness (QED) is 0.808. The molecule has 3 heterocycles. The van der Waals surface area contributed by atoms with E-state index >= 15 is 0 Å². The van der Waals surface area contributed by atoms with Crippen molar-refractivity contribution >= 4 is 27.4 Å². The number of anilines is 1. The Bertz CT molecular complexity index is 665. The third kappa shape index (κ3) is 2.19. The van der Waals surface area contributed by atoms with Crippen LogP contribution in [0, 0.1) is 0 Å². The van der Waals surface area contributed by atoms with Crippen LogP contribution < -0.4 is 5.32 Å². The van der Waals surface area contributed by atoms with Crippen molar-refractivity contribution in [1.29, 1.82) is 0 Å². The predicted molar refractivity (Wildman–Crippen MR) is 72.3 cm³/mol. The maximum atomic E-state index is 4.43. The smallest absolute Gasteiger partial charge is 0.154 e. The third-order valence-electron chi connectivity index (χ3n) is 2.54. The lowest BCUT2D eigenvalue weighted by atomic mass is 10.3. The number of nitrogens with one attached hydrogen (secondary N) is 1. The molecule has 0 bridgehead atoms. The molecule has 0 aromatic carbocycles. The normalized spacial score (nSPS) is 10.7. The Hall–Kier alpha value is -1.95. The van der Waals surface area contributed by atoms with Gasteiger partial charge in [-0.15, -0.1) is 5.10 Å². The van der Waals surface area contributed by atoms with Gasteiger partial charge in [0, 0.05) is 18.9 Å². The number of rotatable bonds is 3. The van der Waals surface area contributed by atoms with E-state index < -0.39 is 0 Å². The molecule has 90 valence electrons. The Kier molecular flexibility index (Phi) is 2.93. The number of halogens is 1. The van der Waals surface area contributed by atoms with Gasteiger partial charge in [0.15, 0.2) is 5.65 Å². The predicted octanol–water partition coefficient (Wildman–Crippen LogP) is 2.50. The van der Waals surface area contributed by atoms with Crippen LogP contribution in [0.1, 0.15) is 5.56 Å². The summed E-state index contributed by atoms with van der Waals surface area (Å²) >= 11 is 3.40. The van der Waals surface area contributed by atoms with E-state index in [2.05, 4.69) is 36.3 Å². The van der Waals surface area contributed by atoms with E-state index in [4.69, 9.17) is 0 Å². The van der Waals surface area contributed by atoms with Crippen LogP contribution in [0.25, 0.3) is 5.65 Å². The zero-order valence-corrected chi connectivity index (χ0v) is 11.0. The van der Waals surface area contributed by atoms with Gasteiger partial charge in [-0.3, -0.25) is 4.98 Å². The van der Waals surface area contributed by atoms with E-state index in [1.165, 1.54) is 0 Å². The summed E-state index contributed by atoms with van der Waals surface area (Å²) in [6, 6.07) is 7.78. The van der Waals surface area contributed by atoms with Crippen molar-refractivity contribution in [2.24, 2.45) is 0 Å². The fraction of sp³-hybridized carbons (Fsp3) is 0.0833. The van der Waals surface area contributed by atoms with Gasteiger partial charge in [0.25, 0.3) is 0 Å². The number of imidazole rings is 1. The van der Waals surface area contributed by atoms with Crippen molar-refractivity contribution in [3.05, 3.63) is 53.0 Å². The largest absolute Gasteiger partial charge is 0.365 e. The lowest BCUT2D eigenvalue weighted by Crippen LogP contribution is -2.04. The van der Waals surface area contributed by atoms with Crippen LogP contribution in [0.4, 0.5) is 5.82 Å². The van der Waals surface area contributed by atoms with Crippen molar-refractivity contribution < 1.29 is 0 Å². The molecule has 0 saturated heterocycles. The topological polar surface area (TPSA) is 55.1 Å². The van der Waals surface area contributed by atoms with Gasteiger partial charge >= 0.3 is 0 Å². The third-order valence-corrected chi connectivity index (χ3v) is 3.08. The molecule has 0 aliphatic rings. The molecule has 0 amide bonds. The summed E-state index contributed by atoms with van der Waals surface area (Å²) in [5.41, 5.74) is 1.98. The van der Waals surface area contributed by atoms with E-state index in [9.17, 15) is 0 Å². The molecule has 18 heavy (non-hydrogen) atoms. The Balaban J connectivity index is 1.80. The number of pyridine rings is 1. The molecule has 3 aromatic heterocycles. The highest BCUT2D eigenvalue weighted by atomic mass is 79.9. The maximum absolute atomic E-state index is 4.43. The van der Waals surface area contributed by atoms with Crippen LogP contribution in [0.5, 0.6) is 0 Å². The standard InChI is InChI=1S/C12H10BrN5/c13-10-8-16-12-2-1-11(17-18(10)12)15-7-9-3-5-14-6-4-9/h1-6,8H,7H2,(H,15,17). The van der Waals surface area contributed by atoms with E-state index in [0.717, 1.165) is 21.6 Å². The Morgan fingerprint density at radius 3 is 2.83 bits per heavy atom. The van der Waals surface area contributed by atoms with Crippen LogP contribution in [-0.4, -0.2) is 19.6 Å². The monoisotopic (exact) mass is 303 g/mol. The van der Waals surface area contributed by atoms with Crippen molar-refractivity contribution in [2.75, 3.05) is 5.32 Å². The second kappa shape index (κ2) is 4.73. The SMILES string of the molecule is Brc1cnc2ccc(NCc3ccncc3)nn12. The maximum Gasteiger partial charge on any atom is 0.154 e. The molecule has 0 aliphatic carbocycles. The number of hydrogen-bond donors (Lipinski definition) is 1. The molecule has 3 rings (SSSR count). The van der Waals surface area contributed by atoms with Gasteiger partial charge in [-0.2, -0.15) is 0 Å². The van der Waals surface area contributed by atoms with Crippen molar-refractivity contribution in [2.45, 2.75) is 6.54 Å². The second-order valence-corrected chi connectivity index (χ2v) is 4.59. The summed E-state index contributed by atoms with van der Waals surface area (Å²) in [5, 5.41) is 7.69. The van der Waals surface area contributed by atoms with E-state index in [1.807, 2.05) is 24.3 Å². The molecule has 5 nitrogen and oxygen atoms in total. The molecule has 0 unspecified atom stereocenters. The van der Waals surface area contributed by atoms with Gasteiger partial charge in [0.05, 0.1) is 6.20 Å². The van der Waals surface area contributed by atoms with E-state index in [-0.39, 0.29) is 0 Å². The molecule has 1 N–H and O–H groups in total. The molecule has 6 heteroatoms. The highest BCUT2D eigenvalue weighted by Gasteiger charge is 2.02. The molecular formula is C12H10BrN5. The summed E-state index contributed by atoms with van der Waals surface area (Å²) in [6.07, 6.45) is 5.29. The van der Waals surface area contributed by atoms with Gasteiger partial charge in [-0.1, -0.05) is 0 Å².